The van der Waals surface area contributed by atoms with E-state index >= 15 is 0 Å². The minimum Gasteiger partial charge on any atom is -0.388 e. The number of aliphatic hydroxyl groups is 2. The largest absolute Gasteiger partial charge is 0.388 e. The van der Waals surface area contributed by atoms with Crippen molar-refractivity contribution in [3.63, 3.8) is 0 Å². The molecule has 0 spiro atoms. The maximum Gasteiger partial charge on any atom is 0.109 e. The minimum absolute atomic E-state index is 0.171. The summed E-state index contributed by atoms with van der Waals surface area (Å²) in [5.74, 6) is 1.93. The molecule has 3 unspecified atom stereocenters. The van der Waals surface area contributed by atoms with Crippen molar-refractivity contribution in [2.75, 3.05) is 18.1 Å². The van der Waals surface area contributed by atoms with Gasteiger partial charge < -0.3 is 14.9 Å². The van der Waals surface area contributed by atoms with Gasteiger partial charge in [-0.05, 0) is 12.2 Å². The summed E-state index contributed by atoms with van der Waals surface area (Å²) in [5, 5.41) is 18.8. The Hall–Kier alpha value is 0.230. The minimum atomic E-state index is -0.687. The SMILES string of the molecule is CCCCCCCSCC1OCC(O)C1O. The first-order chi connectivity index (χ1) is 7.75. The maximum atomic E-state index is 9.54. The van der Waals surface area contributed by atoms with Crippen LogP contribution < -0.4 is 0 Å². The van der Waals surface area contributed by atoms with Gasteiger partial charge in [-0.25, -0.2) is 0 Å². The molecular formula is C12H24O3S. The van der Waals surface area contributed by atoms with Crippen molar-refractivity contribution in [2.24, 2.45) is 0 Å². The molecule has 3 nitrogen and oxygen atoms in total. The van der Waals surface area contributed by atoms with Crippen LogP contribution in [0.2, 0.25) is 0 Å². The highest BCUT2D eigenvalue weighted by molar-refractivity contribution is 7.99. The number of ether oxygens (including phenoxy) is 1. The second kappa shape index (κ2) is 8.34. The Kier molecular flexibility index (Phi) is 7.45. The van der Waals surface area contributed by atoms with Gasteiger partial charge in [-0.3, -0.25) is 0 Å². The Balaban J connectivity index is 1.91. The molecule has 0 bridgehead atoms. The standard InChI is InChI=1S/C12H24O3S/c1-2-3-4-5-6-7-16-9-11-12(14)10(13)8-15-11/h10-14H,2-9H2,1H3. The average Bonchev–Trinajstić information content (AvgIpc) is 2.59. The summed E-state index contributed by atoms with van der Waals surface area (Å²) in [6, 6.07) is 0. The summed E-state index contributed by atoms with van der Waals surface area (Å²) >= 11 is 1.82. The smallest absolute Gasteiger partial charge is 0.109 e. The Labute approximate surface area is 103 Å². The first kappa shape index (κ1) is 14.3. The van der Waals surface area contributed by atoms with Gasteiger partial charge in [-0.2, -0.15) is 11.8 Å². The van der Waals surface area contributed by atoms with E-state index in [9.17, 15) is 10.2 Å². The van der Waals surface area contributed by atoms with E-state index in [-0.39, 0.29) is 12.7 Å². The molecule has 1 rings (SSSR count). The zero-order valence-corrected chi connectivity index (χ0v) is 10.9. The monoisotopic (exact) mass is 248 g/mol. The highest BCUT2D eigenvalue weighted by Gasteiger charge is 2.33. The topological polar surface area (TPSA) is 49.7 Å². The molecule has 1 aliphatic heterocycles. The Morgan fingerprint density at radius 3 is 2.56 bits per heavy atom. The second-order valence-electron chi connectivity index (χ2n) is 4.42. The molecule has 0 amide bonds. The first-order valence-corrected chi connectivity index (χ1v) is 7.46. The molecule has 1 heterocycles. The van der Waals surface area contributed by atoms with Crippen molar-refractivity contribution in [3.8, 4) is 0 Å². The lowest BCUT2D eigenvalue weighted by Gasteiger charge is -2.13. The summed E-state index contributed by atoms with van der Waals surface area (Å²) in [6.45, 7) is 2.50. The molecule has 0 saturated carbocycles. The van der Waals surface area contributed by atoms with Gasteiger partial charge in [-0.15, -0.1) is 0 Å². The van der Waals surface area contributed by atoms with Crippen molar-refractivity contribution in [1.82, 2.24) is 0 Å². The summed E-state index contributed by atoms with van der Waals surface area (Å²) in [4.78, 5) is 0. The highest BCUT2D eigenvalue weighted by Crippen LogP contribution is 2.19. The zero-order chi connectivity index (χ0) is 11.8. The predicted octanol–water partition coefficient (Wildman–Crippen LogP) is 1.81. The molecule has 4 heteroatoms. The normalized spacial score (nSPS) is 29.8. The molecule has 1 saturated heterocycles. The summed E-state index contributed by atoms with van der Waals surface area (Å²) in [5.41, 5.74) is 0. The lowest BCUT2D eigenvalue weighted by Crippen LogP contribution is -2.31. The molecule has 0 radical (unpaired) electrons. The van der Waals surface area contributed by atoms with Crippen molar-refractivity contribution in [2.45, 2.75) is 57.3 Å². The number of hydrogen-bond acceptors (Lipinski definition) is 4. The molecule has 0 aromatic rings. The van der Waals surface area contributed by atoms with Crippen LogP contribution in [0, 0.1) is 0 Å². The lowest BCUT2D eigenvalue weighted by molar-refractivity contribution is 0.0337. The quantitative estimate of drug-likeness (QED) is 0.643. The van der Waals surface area contributed by atoms with E-state index in [1.807, 2.05) is 11.8 Å². The number of thioether (sulfide) groups is 1. The highest BCUT2D eigenvalue weighted by atomic mass is 32.2. The number of hydrogen-bond donors (Lipinski definition) is 2. The zero-order valence-electron chi connectivity index (χ0n) is 10.1. The van der Waals surface area contributed by atoms with E-state index in [1.54, 1.807) is 0 Å². The van der Waals surface area contributed by atoms with Gasteiger partial charge in [0.1, 0.15) is 12.2 Å². The van der Waals surface area contributed by atoms with Crippen LogP contribution in [-0.4, -0.2) is 46.6 Å². The molecule has 0 aromatic carbocycles. The summed E-state index contributed by atoms with van der Waals surface area (Å²) in [7, 11) is 0. The third-order valence-electron chi connectivity index (χ3n) is 2.93. The predicted molar refractivity (Wildman–Crippen MR) is 67.8 cm³/mol. The van der Waals surface area contributed by atoms with Gasteiger partial charge in [0.15, 0.2) is 0 Å². The van der Waals surface area contributed by atoms with Crippen LogP contribution in [0.4, 0.5) is 0 Å². The lowest BCUT2D eigenvalue weighted by atomic mass is 10.2. The van der Waals surface area contributed by atoms with E-state index in [1.165, 1.54) is 32.1 Å². The van der Waals surface area contributed by atoms with E-state index in [0.717, 1.165) is 11.5 Å². The first-order valence-electron chi connectivity index (χ1n) is 6.31. The molecule has 16 heavy (non-hydrogen) atoms. The van der Waals surface area contributed by atoms with Gasteiger partial charge >= 0.3 is 0 Å². The van der Waals surface area contributed by atoms with E-state index in [2.05, 4.69) is 6.92 Å². The van der Waals surface area contributed by atoms with Crippen molar-refractivity contribution < 1.29 is 14.9 Å². The molecule has 96 valence electrons. The van der Waals surface area contributed by atoms with Crippen LogP contribution in [0.5, 0.6) is 0 Å². The van der Waals surface area contributed by atoms with Gasteiger partial charge in [0.25, 0.3) is 0 Å². The van der Waals surface area contributed by atoms with Crippen LogP contribution in [0.25, 0.3) is 0 Å². The van der Waals surface area contributed by atoms with Crippen LogP contribution in [0.3, 0.4) is 0 Å². The van der Waals surface area contributed by atoms with Gasteiger partial charge in [0.2, 0.25) is 0 Å². The number of rotatable bonds is 8. The molecule has 0 aromatic heterocycles. The Bertz CT molecular complexity index is 178. The van der Waals surface area contributed by atoms with E-state index in [0.29, 0.717) is 0 Å². The fourth-order valence-corrected chi connectivity index (χ4v) is 2.92. The third-order valence-corrected chi connectivity index (χ3v) is 4.07. The fraction of sp³-hybridized carbons (Fsp3) is 1.00. The summed E-state index contributed by atoms with van der Waals surface area (Å²) < 4.78 is 5.30. The molecule has 0 aliphatic carbocycles. The van der Waals surface area contributed by atoms with Crippen LogP contribution in [-0.2, 0) is 4.74 Å². The molecule has 2 N–H and O–H groups in total. The number of unbranched alkanes of at least 4 members (excludes halogenated alkanes) is 4. The molecule has 1 fully saturated rings. The second-order valence-corrected chi connectivity index (χ2v) is 5.57. The van der Waals surface area contributed by atoms with Crippen LogP contribution in [0.1, 0.15) is 39.0 Å². The summed E-state index contributed by atoms with van der Waals surface area (Å²) in [6.07, 6.45) is 4.96. The van der Waals surface area contributed by atoms with Gasteiger partial charge in [0.05, 0.1) is 12.7 Å². The van der Waals surface area contributed by atoms with Crippen molar-refractivity contribution >= 4 is 11.8 Å². The molecular weight excluding hydrogens is 224 g/mol. The maximum absolute atomic E-state index is 9.54. The molecule has 3 atom stereocenters. The van der Waals surface area contributed by atoms with E-state index < -0.39 is 12.2 Å². The Morgan fingerprint density at radius 2 is 1.94 bits per heavy atom. The number of aliphatic hydroxyl groups excluding tert-OH is 2. The van der Waals surface area contributed by atoms with Gasteiger partial charge in [0, 0.05) is 5.75 Å². The van der Waals surface area contributed by atoms with E-state index in [4.69, 9.17) is 4.74 Å². The third kappa shape index (κ3) is 5.04. The van der Waals surface area contributed by atoms with Crippen molar-refractivity contribution in [3.05, 3.63) is 0 Å². The Morgan fingerprint density at radius 1 is 1.19 bits per heavy atom. The van der Waals surface area contributed by atoms with Crippen LogP contribution in [0.15, 0.2) is 0 Å². The van der Waals surface area contributed by atoms with Crippen LogP contribution >= 0.6 is 11.8 Å². The molecule has 1 aliphatic rings. The van der Waals surface area contributed by atoms with Gasteiger partial charge in [-0.1, -0.05) is 32.6 Å². The fourth-order valence-electron chi connectivity index (χ4n) is 1.82. The van der Waals surface area contributed by atoms with Crippen molar-refractivity contribution in [1.29, 1.82) is 0 Å². The average molecular weight is 248 g/mol.